The number of hydrogen-bond donors (Lipinski definition) is 1. The van der Waals surface area contributed by atoms with Gasteiger partial charge in [0.15, 0.2) is 0 Å². The lowest BCUT2D eigenvalue weighted by atomic mass is 10.2. The highest BCUT2D eigenvalue weighted by atomic mass is 79.9. The number of nitrogens with one attached hydrogen (secondary N) is 1. The van der Waals surface area contributed by atoms with Crippen LogP contribution in [0.3, 0.4) is 0 Å². The van der Waals surface area contributed by atoms with Crippen LogP contribution in [0.5, 0.6) is 5.75 Å². The molecule has 0 spiro atoms. The zero-order valence-corrected chi connectivity index (χ0v) is 13.3. The van der Waals surface area contributed by atoms with Gasteiger partial charge < -0.3 is 14.8 Å². The summed E-state index contributed by atoms with van der Waals surface area (Å²) in [7, 11) is 1.64. The Morgan fingerprint density at radius 3 is 2.57 bits per heavy atom. The lowest BCUT2D eigenvalue weighted by Gasteiger charge is -2.09. The first-order chi connectivity index (χ1) is 10.2. The molecule has 0 unspecified atom stereocenters. The van der Waals surface area contributed by atoms with Crippen LogP contribution in [0, 0.1) is 5.82 Å². The fraction of sp³-hybridized carbons (Fsp3) is 0.250. The Morgan fingerprint density at radius 1 is 1.10 bits per heavy atom. The second-order valence-corrected chi connectivity index (χ2v) is 5.37. The van der Waals surface area contributed by atoms with E-state index < -0.39 is 0 Å². The van der Waals surface area contributed by atoms with Crippen LogP contribution in [0.25, 0.3) is 0 Å². The van der Waals surface area contributed by atoms with E-state index in [9.17, 15) is 4.39 Å². The molecule has 0 aliphatic heterocycles. The molecule has 2 rings (SSSR count). The lowest BCUT2D eigenvalue weighted by molar-refractivity contribution is 0.146. The molecule has 0 atom stereocenters. The Balaban J connectivity index is 1.90. The number of methoxy groups -OCH3 is 1. The fourth-order valence-corrected chi connectivity index (χ4v) is 2.20. The van der Waals surface area contributed by atoms with Gasteiger partial charge in [0.2, 0.25) is 0 Å². The molecule has 0 aromatic heterocycles. The maximum atomic E-state index is 13.6. The predicted molar refractivity (Wildman–Crippen MR) is 85.2 cm³/mol. The molecule has 5 heteroatoms. The van der Waals surface area contributed by atoms with E-state index >= 15 is 0 Å². The summed E-state index contributed by atoms with van der Waals surface area (Å²) >= 11 is 3.34. The third-order valence-electron chi connectivity index (χ3n) is 2.90. The minimum atomic E-state index is -0.217. The van der Waals surface area contributed by atoms with Gasteiger partial charge in [0.1, 0.15) is 18.2 Å². The molecule has 0 amide bonds. The van der Waals surface area contributed by atoms with Crippen molar-refractivity contribution in [2.45, 2.75) is 6.54 Å². The Kier molecular flexibility index (Phi) is 6.02. The third-order valence-corrected chi connectivity index (χ3v) is 3.39. The summed E-state index contributed by atoms with van der Waals surface area (Å²) in [6.45, 7) is 1.50. The van der Waals surface area contributed by atoms with Gasteiger partial charge in [-0.1, -0.05) is 15.9 Å². The zero-order valence-electron chi connectivity index (χ0n) is 11.7. The van der Waals surface area contributed by atoms with Gasteiger partial charge in [-0.15, -0.1) is 0 Å². The highest BCUT2D eigenvalue weighted by Gasteiger charge is 2.03. The number of ether oxygens (including phenoxy) is 2. The van der Waals surface area contributed by atoms with Crippen LogP contribution in [0.4, 0.5) is 10.1 Å². The highest BCUT2D eigenvalue weighted by Crippen LogP contribution is 2.19. The molecule has 112 valence electrons. The van der Waals surface area contributed by atoms with E-state index in [0.717, 1.165) is 15.9 Å². The predicted octanol–water partition coefficient (Wildman–Crippen LogP) is 4.23. The summed E-state index contributed by atoms with van der Waals surface area (Å²) in [4.78, 5) is 0. The first kappa shape index (κ1) is 15.8. The maximum absolute atomic E-state index is 13.6. The Labute approximate surface area is 132 Å². The van der Waals surface area contributed by atoms with Gasteiger partial charge >= 0.3 is 0 Å². The average Bonchev–Trinajstić information content (AvgIpc) is 2.50. The summed E-state index contributed by atoms with van der Waals surface area (Å²) < 4.78 is 24.9. The molecule has 0 aliphatic carbocycles. The maximum Gasteiger partial charge on any atom is 0.128 e. The van der Waals surface area contributed by atoms with E-state index in [4.69, 9.17) is 9.47 Å². The average molecular weight is 354 g/mol. The van der Waals surface area contributed by atoms with Gasteiger partial charge in [0, 0.05) is 29.4 Å². The quantitative estimate of drug-likeness (QED) is 0.755. The summed E-state index contributed by atoms with van der Waals surface area (Å²) in [5.74, 6) is 0.566. The van der Waals surface area contributed by atoms with Crippen LogP contribution in [-0.4, -0.2) is 20.3 Å². The molecule has 0 aliphatic rings. The van der Waals surface area contributed by atoms with Gasteiger partial charge in [0.25, 0.3) is 0 Å². The molecule has 2 aromatic carbocycles. The molecule has 2 aromatic rings. The minimum Gasteiger partial charge on any atom is -0.491 e. The van der Waals surface area contributed by atoms with Crippen molar-refractivity contribution in [3.05, 3.63) is 58.3 Å². The van der Waals surface area contributed by atoms with E-state index in [0.29, 0.717) is 25.3 Å². The van der Waals surface area contributed by atoms with Crippen LogP contribution in [0.1, 0.15) is 5.56 Å². The van der Waals surface area contributed by atoms with Crippen LogP contribution >= 0.6 is 15.9 Å². The zero-order chi connectivity index (χ0) is 15.1. The Hall–Kier alpha value is -1.59. The molecule has 0 bridgehead atoms. The van der Waals surface area contributed by atoms with Crippen LogP contribution in [0.15, 0.2) is 46.9 Å². The van der Waals surface area contributed by atoms with Crippen molar-refractivity contribution >= 4 is 21.6 Å². The number of halogens is 2. The van der Waals surface area contributed by atoms with Gasteiger partial charge in [-0.05, 0) is 42.5 Å². The summed E-state index contributed by atoms with van der Waals surface area (Å²) in [6, 6.07) is 12.4. The molecule has 0 saturated heterocycles. The third kappa shape index (κ3) is 5.02. The van der Waals surface area contributed by atoms with E-state index in [1.165, 1.54) is 6.07 Å². The molecular formula is C16H17BrFNO2. The molecule has 1 N–H and O–H groups in total. The fourth-order valence-electron chi connectivity index (χ4n) is 1.79. The van der Waals surface area contributed by atoms with Crippen molar-refractivity contribution in [3.63, 3.8) is 0 Å². The van der Waals surface area contributed by atoms with Crippen molar-refractivity contribution in [1.29, 1.82) is 0 Å². The summed E-state index contributed by atoms with van der Waals surface area (Å²) in [5, 5.41) is 3.18. The van der Waals surface area contributed by atoms with Crippen molar-refractivity contribution in [2.24, 2.45) is 0 Å². The molecule has 0 heterocycles. The lowest BCUT2D eigenvalue weighted by Crippen LogP contribution is -2.04. The van der Waals surface area contributed by atoms with Crippen LogP contribution in [-0.2, 0) is 11.3 Å². The molecule has 21 heavy (non-hydrogen) atoms. The second-order valence-electron chi connectivity index (χ2n) is 4.45. The van der Waals surface area contributed by atoms with Crippen molar-refractivity contribution in [2.75, 3.05) is 25.6 Å². The number of anilines is 1. The first-order valence-electron chi connectivity index (χ1n) is 6.58. The van der Waals surface area contributed by atoms with E-state index in [1.807, 2.05) is 24.3 Å². The van der Waals surface area contributed by atoms with E-state index in [1.54, 1.807) is 19.2 Å². The Morgan fingerprint density at radius 2 is 1.86 bits per heavy atom. The monoisotopic (exact) mass is 353 g/mol. The molecule has 0 radical (unpaired) electrons. The Bertz CT molecular complexity index is 575. The topological polar surface area (TPSA) is 30.5 Å². The summed E-state index contributed by atoms with van der Waals surface area (Å²) in [6.07, 6.45) is 0. The van der Waals surface area contributed by atoms with Gasteiger partial charge in [-0.2, -0.15) is 0 Å². The molecule has 3 nitrogen and oxygen atoms in total. The van der Waals surface area contributed by atoms with Crippen molar-refractivity contribution < 1.29 is 13.9 Å². The van der Waals surface area contributed by atoms with E-state index in [2.05, 4.69) is 21.2 Å². The number of rotatable bonds is 7. The SMILES string of the molecule is COCCOc1ccc(NCc2cc(Br)ccc2F)cc1. The smallest absolute Gasteiger partial charge is 0.128 e. The van der Waals surface area contributed by atoms with Crippen molar-refractivity contribution in [3.8, 4) is 5.75 Å². The number of benzene rings is 2. The minimum absolute atomic E-state index is 0.217. The standard InChI is InChI=1S/C16H17BrFNO2/c1-20-8-9-21-15-5-3-14(4-6-15)19-11-12-10-13(17)2-7-16(12)18/h2-7,10,19H,8-9,11H2,1H3. The highest BCUT2D eigenvalue weighted by molar-refractivity contribution is 9.10. The second kappa shape index (κ2) is 8.00. The van der Waals surface area contributed by atoms with Crippen LogP contribution in [0.2, 0.25) is 0 Å². The molecule has 0 fully saturated rings. The molecule has 0 saturated carbocycles. The van der Waals surface area contributed by atoms with Gasteiger partial charge in [-0.25, -0.2) is 4.39 Å². The van der Waals surface area contributed by atoms with Crippen LogP contribution < -0.4 is 10.1 Å². The van der Waals surface area contributed by atoms with Gasteiger partial charge in [0.05, 0.1) is 6.61 Å². The van der Waals surface area contributed by atoms with Gasteiger partial charge in [-0.3, -0.25) is 0 Å². The first-order valence-corrected chi connectivity index (χ1v) is 7.38. The van der Waals surface area contributed by atoms with E-state index in [-0.39, 0.29) is 5.82 Å². The summed E-state index contributed by atoms with van der Waals surface area (Å²) in [5.41, 5.74) is 1.53. The normalized spacial score (nSPS) is 10.4. The van der Waals surface area contributed by atoms with Crippen molar-refractivity contribution in [1.82, 2.24) is 0 Å². The number of hydrogen-bond acceptors (Lipinski definition) is 3. The molecular weight excluding hydrogens is 337 g/mol. The largest absolute Gasteiger partial charge is 0.491 e.